The number of aryl methyl sites for hydroxylation is 2. The van der Waals surface area contributed by atoms with Crippen molar-refractivity contribution in [3.8, 4) is 0 Å². The molecule has 0 saturated carbocycles. The van der Waals surface area contributed by atoms with Gasteiger partial charge in [-0.2, -0.15) is 5.10 Å². The first-order chi connectivity index (χ1) is 6.59. The van der Waals surface area contributed by atoms with Crippen molar-refractivity contribution in [2.75, 3.05) is 0 Å². The van der Waals surface area contributed by atoms with Gasteiger partial charge in [0, 0.05) is 12.4 Å². The molecule has 2 heterocycles. The summed E-state index contributed by atoms with van der Waals surface area (Å²) in [5, 5.41) is 13.7. The summed E-state index contributed by atoms with van der Waals surface area (Å²) >= 11 is 0. The first-order valence-corrected chi connectivity index (χ1v) is 4.12. The maximum atomic E-state index is 10.7. The highest BCUT2D eigenvalue weighted by atomic mass is 16.4. The molecule has 0 amide bonds. The number of fused-ring (bicyclic) bond motifs is 1. The van der Waals surface area contributed by atoms with Crippen molar-refractivity contribution in [3.63, 3.8) is 0 Å². The molecule has 5 heteroatoms. The fourth-order valence-electron chi connectivity index (χ4n) is 1.38. The predicted octanol–water partition coefficient (Wildman–Crippen LogP) is 0.975. The first-order valence-electron chi connectivity index (χ1n) is 4.12. The Balaban J connectivity index is 2.82. The van der Waals surface area contributed by atoms with Gasteiger partial charge in [-0.05, 0) is 18.6 Å². The Morgan fingerprint density at radius 2 is 2.29 bits per heavy atom. The maximum Gasteiger partial charge on any atom is 0.354 e. The van der Waals surface area contributed by atoms with E-state index in [1.807, 2.05) is 6.92 Å². The molecule has 0 unspecified atom stereocenters. The second kappa shape index (κ2) is 2.80. The zero-order valence-corrected chi connectivity index (χ0v) is 7.85. The molecule has 0 radical (unpaired) electrons. The second-order valence-electron chi connectivity index (χ2n) is 3.14. The summed E-state index contributed by atoms with van der Waals surface area (Å²) in [4.78, 5) is 14.7. The molecule has 0 aliphatic rings. The van der Waals surface area contributed by atoms with E-state index in [-0.39, 0.29) is 5.69 Å². The molecule has 0 aromatic carbocycles. The minimum absolute atomic E-state index is 0.0543. The lowest BCUT2D eigenvalue weighted by atomic mass is 10.2. The van der Waals surface area contributed by atoms with Crippen molar-refractivity contribution in [3.05, 3.63) is 23.5 Å². The van der Waals surface area contributed by atoms with E-state index in [4.69, 9.17) is 5.11 Å². The Labute approximate surface area is 80.0 Å². The summed E-state index contributed by atoms with van der Waals surface area (Å²) in [6.07, 6.45) is 1.68. The number of hydrogen-bond donors (Lipinski definition) is 1. The highest BCUT2D eigenvalue weighted by Gasteiger charge is 2.10. The lowest BCUT2D eigenvalue weighted by Gasteiger charge is -1.99. The number of carbonyl (C=O) groups is 1. The Bertz CT molecular complexity index is 516. The summed E-state index contributed by atoms with van der Waals surface area (Å²) in [5.41, 5.74) is 1.53. The summed E-state index contributed by atoms with van der Waals surface area (Å²) in [6, 6.07) is 1.55. The van der Waals surface area contributed by atoms with Gasteiger partial charge in [-0.1, -0.05) is 0 Å². The van der Waals surface area contributed by atoms with Gasteiger partial charge < -0.3 is 5.11 Å². The molecule has 0 bridgehead atoms. The van der Waals surface area contributed by atoms with Crippen LogP contribution in [0, 0.1) is 6.92 Å². The largest absolute Gasteiger partial charge is 0.477 e. The first kappa shape index (κ1) is 8.68. The molecule has 0 saturated heterocycles. The third-order valence-corrected chi connectivity index (χ3v) is 2.13. The van der Waals surface area contributed by atoms with Gasteiger partial charge in [0.05, 0.1) is 6.20 Å². The van der Waals surface area contributed by atoms with Gasteiger partial charge in [0.25, 0.3) is 0 Å². The van der Waals surface area contributed by atoms with Crippen molar-refractivity contribution in [2.45, 2.75) is 6.92 Å². The van der Waals surface area contributed by atoms with Crippen LogP contribution in [0.4, 0.5) is 0 Å². The Hall–Kier alpha value is -1.91. The highest BCUT2D eigenvalue weighted by Crippen LogP contribution is 2.16. The fraction of sp³-hybridized carbons (Fsp3) is 0.222. The Kier molecular flexibility index (Phi) is 1.73. The van der Waals surface area contributed by atoms with Crippen molar-refractivity contribution in [1.82, 2.24) is 14.8 Å². The number of aromatic nitrogens is 3. The van der Waals surface area contributed by atoms with Crippen LogP contribution >= 0.6 is 0 Å². The van der Waals surface area contributed by atoms with Crippen LogP contribution in [0.1, 0.15) is 16.1 Å². The van der Waals surface area contributed by atoms with Gasteiger partial charge in [-0.25, -0.2) is 9.78 Å². The van der Waals surface area contributed by atoms with Crippen LogP contribution in [0.3, 0.4) is 0 Å². The Morgan fingerprint density at radius 1 is 1.57 bits per heavy atom. The molecule has 0 aliphatic carbocycles. The molecule has 14 heavy (non-hydrogen) atoms. The Morgan fingerprint density at radius 3 is 2.93 bits per heavy atom. The van der Waals surface area contributed by atoms with Gasteiger partial charge in [-0.15, -0.1) is 0 Å². The van der Waals surface area contributed by atoms with Crippen molar-refractivity contribution in [1.29, 1.82) is 0 Å². The number of carboxylic acids is 1. The van der Waals surface area contributed by atoms with Gasteiger partial charge in [0.1, 0.15) is 0 Å². The molecule has 2 aromatic rings. The number of rotatable bonds is 1. The topological polar surface area (TPSA) is 68.0 Å². The van der Waals surface area contributed by atoms with E-state index < -0.39 is 5.97 Å². The van der Waals surface area contributed by atoms with Crippen LogP contribution < -0.4 is 0 Å². The van der Waals surface area contributed by atoms with Crippen LogP contribution in [-0.2, 0) is 7.05 Å². The minimum atomic E-state index is -1.02. The van der Waals surface area contributed by atoms with Crippen LogP contribution in [-0.4, -0.2) is 25.8 Å². The monoisotopic (exact) mass is 191 g/mol. The van der Waals surface area contributed by atoms with Crippen molar-refractivity contribution >= 4 is 17.0 Å². The summed E-state index contributed by atoms with van der Waals surface area (Å²) in [6.45, 7) is 1.85. The molecule has 2 rings (SSSR count). The number of nitrogens with zero attached hydrogens (tertiary/aromatic N) is 3. The van der Waals surface area contributed by atoms with E-state index in [9.17, 15) is 4.79 Å². The van der Waals surface area contributed by atoms with Crippen molar-refractivity contribution in [2.24, 2.45) is 7.05 Å². The highest BCUT2D eigenvalue weighted by molar-refractivity contribution is 5.90. The minimum Gasteiger partial charge on any atom is -0.477 e. The van der Waals surface area contributed by atoms with E-state index in [1.165, 1.54) is 0 Å². The van der Waals surface area contributed by atoms with Crippen LogP contribution in [0.5, 0.6) is 0 Å². The second-order valence-corrected chi connectivity index (χ2v) is 3.14. The molecule has 0 aliphatic heterocycles. The average molecular weight is 191 g/mol. The molecular formula is C9H9N3O2. The smallest absolute Gasteiger partial charge is 0.354 e. The van der Waals surface area contributed by atoms with Gasteiger partial charge in [0.2, 0.25) is 0 Å². The van der Waals surface area contributed by atoms with Crippen LogP contribution in [0.2, 0.25) is 0 Å². The molecule has 72 valence electrons. The average Bonchev–Trinajstić information content (AvgIpc) is 2.48. The third kappa shape index (κ3) is 1.14. The zero-order valence-electron chi connectivity index (χ0n) is 7.85. The summed E-state index contributed by atoms with van der Waals surface area (Å²) in [5.74, 6) is -1.02. The fourth-order valence-corrected chi connectivity index (χ4v) is 1.38. The number of hydrogen-bond acceptors (Lipinski definition) is 3. The van der Waals surface area contributed by atoms with E-state index in [0.717, 1.165) is 10.9 Å². The molecule has 1 N–H and O–H groups in total. The number of pyridine rings is 1. The van der Waals surface area contributed by atoms with E-state index in [0.29, 0.717) is 5.65 Å². The van der Waals surface area contributed by atoms with E-state index in [1.54, 1.807) is 24.0 Å². The molecular weight excluding hydrogens is 182 g/mol. The predicted molar refractivity (Wildman–Crippen MR) is 50.2 cm³/mol. The van der Waals surface area contributed by atoms with Gasteiger partial charge in [0.15, 0.2) is 11.3 Å². The van der Waals surface area contributed by atoms with Crippen LogP contribution in [0.25, 0.3) is 11.0 Å². The lowest BCUT2D eigenvalue weighted by Crippen LogP contribution is -2.02. The summed E-state index contributed by atoms with van der Waals surface area (Å²) < 4.78 is 1.56. The van der Waals surface area contributed by atoms with Gasteiger partial charge in [-0.3, -0.25) is 4.68 Å². The molecule has 0 atom stereocenters. The van der Waals surface area contributed by atoms with Gasteiger partial charge >= 0.3 is 5.97 Å². The third-order valence-electron chi connectivity index (χ3n) is 2.13. The molecule has 0 spiro atoms. The normalized spacial score (nSPS) is 10.7. The standard InChI is InChI=1S/C9H9N3O2/c1-5-3-7(9(13)14)11-8-6(5)4-10-12(8)2/h3-4H,1-2H3,(H,13,14). The SMILES string of the molecule is Cc1cc(C(=O)O)nc2c1cnn2C. The van der Waals surface area contributed by atoms with Crippen molar-refractivity contribution < 1.29 is 9.90 Å². The number of carboxylic acid groups (broad SMARTS) is 1. The zero-order chi connectivity index (χ0) is 10.3. The molecule has 0 fully saturated rings. The summed E-state index contributed by atoms with van der Waals surface area (Å²) in [7, 11) is 1.74. The lowest BCUT2D eigenvalue weighted by molar-refractivity contribution is 0.0691. The molecule has 2 aromatic heterocycles. The van der Waals surface area contributed by atoms with E-state index in [2.05, 4.69) is 10.1 Å². The van der Waals surface area contributed by atoms with E-state index >= 15 is 0 Å². The maximum absolute atomic E-state index is 10.7. The molecule has 5 nitrogen and oxygen atoms in total. The van der Waals surface area contributed by atoms with Crippen LogP contribution in [0.15, 0.2) is 12.3 Å². The number of aromatic carboxylic acids is 1. The quantitative estimate of drug-likeness (QED) is 0.729.